The first-order valence-electron chi connectivity index (χ1n) is 8.79. The number of rotatable bonds is 5. The van der Waals surface area contributed by atoms with E-state index < -0.39 is 17.8 Å². The van der Waals surface area contributed by atoms with Crippen LogP contribution in [0.25, 0.3) is 0 Å². The molecule has 1 atom stereocenters. The summed E-state index contributed by atoms with van der Waals surface area (Å²) in [7, 11) is 2.76. The third kappa shape index (κ3) is 3.83. The average Bonchev–Trinajstić information content (AvgIpc) is 2.70. The molecule has 148 valence electrons. The van der Waals surface area contributed by atoms with E-state index in [-0.39, 0.29) is 49.0 Å². The van der Waals surface area contributed by atoms with Crippen LogP contribution in [-0.4, -0.2) is 55.9 Å². The largest absolute Gasteiger partial charge is 0.497 e. The highest BCUT2D eigenvalue weighted by Crippen LogP contribution is 2.32. The summed E-state index contributed by atoms with van der Waals surface area (Å²) in [5.74, 6) is -1.96. The van der Waals surface area contributed by atoms with Crippen molar-refractivity contribution < 1.29 is 28.7 Å². The Morgan fingerprint density at radius 3 is 2.57 bits per heavy atom. The Kier molecular flexibility index (Phi) is 5.62. The lowest BCUT2D eigenvalue weighted by Crippen LogP contribution is -2.53. The standard InChI is InChI=1S/C19H21N3O6/c1-27-13-5-3-12(4-6-13)21-15(23)10-11-9-14(19(26)28-2)16-17(24)20-7-8-22(16)18(11)25/h3-6,11H,7-10H2,1-2H3,(H,20,24)(H,21,23). The van der Waals surface area contributed by atoms with Crippen molar-refractivity contribution in [2.75, 3.05) is 32.6 Å². The molecule has 2 aliphatic heterocycles. The molecular weight excluding hydrogens is 366 g/mol. The lowest BCUT2D eigenvalue weighted by molar-refractivity contribution is -0.143. The van der Waals surface area contributed by atoms with Crippen molar-refractivity contribution in [3.8, 4) is 5.75 Å². The fourth-order valence-electron chi connectivity index (χ4n) is 3.34. The van der Waals surface area contributed by atoms with Crippen LogP contribution in [0.1, 0.15) is 12.8 Å². The van der Waals surface area contributed by atoms with Gasteiger partial charge in [-0.3, -0.25) is 14.4 Å². The Bertz CT molecular complexity index is 846. The van der Waals surface area contributed by atoms with Crippen molar-refractivity contribution in [2.45, 2.75) is 12.8 Å². The Hall–Kier alpha value is -3.36. The summed E-state index contributed by atoms with van der Waals surface area (Å²) in [6, 6.07) is 6.79. The molecule has 0 aromatic heterocycles. The van der Waals surface area contributed by atoms with E-state index in [1.54, 1.807) is 31.4 Å². The Balaban J connectivity index is 1.76. The second-order valence-electron chi connectivity index (χ2n) is 6.45. The van der Waals surface area contributed by atoms with Crippen molar-refractivity contribution in [2.24, 2.45) is 5.92 Å². The van der Waals surface area contributed by atoms with E-state index in [1.807, 2.05) is 0 Å². The number of hydrogen-bond acceptors (Lipinski definition) is 6. The van der Waals surface area contributed by atoms with E-state index in [0.29, 0.717) is 11.4 Å². The predicted octanol–water partition coefficient (Wildman–Crippen LogP) is 0.429. The number of carbonyl (C=O) groups is 4. The molecule has 2 aliphatic rings. The summed E-state index contributed by atoms with van der Waals surface area (Å²) in [6.07, 6.45) is -0.141. The molecular formula is C19H21N3O6. The molecule has 2 N–H and O–H groups in total. The Labute approximate surface area is 161 Å². The van der Waals surface area contributed by atoms with E-state index in [2.05, 4.69) is 10.6 Å². The minimum atomic E-state index is -0.748. The summed E-state index contributed by atoms with van der Waals surface area (Å²) in [6.45, 7) is 0.532. The molecule has 3 rings (SSSR count). The van der Waals surface area contributed by atoms with Gasteiger partial charge in [0.1, 0.15) is 11.4 Å². The molecule has 0 saturated carbocycles. The van der Waals surface area contributed by atoms with Gasteiger partial charge in [0, 0.05) is 25.2 Å². The molecule has 0 bridgehead atoms. The van der Waals surface area contributed by atoms with E-state index >= 15 is 0 Å². The van der Waals surface area contributed by atoms with Crippen LogP contribution in [0.15, 0.2) is 35.5 Å². The van der Waals surface area contributed by atoms with Crippen LogP contribution in [0.3, 0.4) is 0 Å². The number of nitrogens with one attached hydrogen (secondary N) is 2. The maximum absolute atomic E-state index is 12.8. The smallest absolute Gasteiger partial charge is 0.336 e. The molecule has 1 fully saturated rings. The van der Waals surface area contributed by atoms with Gasteiger partial charge in [0.2, 0.25) is 11.8 Å². The first-order chi connectivity index (χ1) is 13.4. The van der Waals surface area contributed by atoms with Crippen molar-refractivity contribution in [3.05, 3.63) is 35.5 Å². The highest BCUT2D eigenvalue weighted by Gasteiger charge is 2.42. The molecule has 2 heterocycles. The number of hydrogen-bond donors (Lipinski definition) is 2. The highest BCUT2D eigenvalue weighted by molar-refractivity contribution is 6.08. The van der Waals surface area contributed by atoms with E-state index in [0.717, 1.165) is 0 Å². The van der Waals surface area contributed by atoms with Crippen LogP contribution in [0.4, 0.5) is 5.69 Å². The molecule has 0 radical (unpaired) electrons. The fraction of sp³-hybridized carbons (Fsp3) is 0.368. The van der Waals surface area contributed by atoms with Gasteiger partial charge < -0.3 is 25.0 Å². The number of piperazine rings is 1. The minimum absolute atomic E-state index is 0.0231. The maximum atomic E-state index is 12.8. The predicted molar refractivity (Wildman–Crippen MR) is 98.1 cm³/mol. The van der Waals surface area contributed by atoms with Crippen LogP contribution in [-0.2, 0) is 23.9 Å². The number of benzene rings is 1. The topological polar surface area (TPSA) is 114 Å². The summed E-state index contributed by atoms with van der Waals surface area (Å²) in [4.78, 5) is 50.8. The van der Waals surface area contributed by atoms with Crippen LogP contribution in [0.2, 0.25) is 0 Å². The average molecular weight is 387 g/mol. The number of fused-ring (bicyclic) bond motifs is 1. The van der Waals surface area contributed by atoms with Gasteiger partial charge in [-0.1, -0.05) is 0 Å². The zero-order valence-corrected chi connectivity index (χ0v) is 15.6. The molecule has 28 heavy (non-hydrogen) atoms. The quantitative estimate of drug-likeness (QED) is 0.708. The Morgan fingerprint density at radius 1 is 1.21 bits per heavy atom. The van der Waals surface area contributed by atoms with Crippen LogP contribution >= 0.6 is 0 Å². The first-order valence-corrected chi connectivity index (χ1v) is 8.79. The number of carbonyl (C=O) groups excluding carboxylic acids is 4. The van der Waals surface area contributed by atoms with Gasteiger partial charge in [-0.05, 0) is 30.7 Å². The molecule has 1 saturated heterocycles. The van der Waals surface area contributed by atoms with E-state index in [4.69, 9.17) is 9.47 Å². The van der Waals surface area contributed by atoms with Crippen molar-refractivity contribution >= 4 is 29.4 Å². The van der Waals surface area contributed by atoms with E-state index in [9.17, 15) is 19.2 Å². The summed E-state index contributed by atoms with van der Waals surface area (Å²) >= 11 is 0. The molecule has 1 aromatic rings. The monoisotopic (exact) mass is 387 g/mol. The number of nitrogens with zero attached hydrogens (tertiary/aromatic N) is 1. The number of methoxy groups -OCH3 is 2. The summed E-state index contributed by atoms with van der Waals surface area (Å²) in [5, 5.41) is 5.34. The minimum Gasteiger partial charge on any atom is -0.497 e. The zero-order chi connectivity index (χ0) is 20.3. The highest BCUT2D eigenvalue weighted by atomic mass is 16.5. The first kappa shape index (κ1) is 19.4. The van der Waals surface area contributed by atoms with Gasteiger partial charge in [0.25, 0.3) is 5.91 Å². The van der Waals surface area contributed by atoms with Crippen molar-refractivity contribution in [3.63, 3.8) is 0 Å². The van der Waals surface area contributed by atoms with Gasteiger partial charge in [-0.2, -0.15) is 0 Å². The van der Waals surface area contributed by atoms with E-state index in [1.165, 1.54) is 12.0 Å². The number of ether oxygens (including phenoxy) is 2. The van der Waals surface area contributed by atoms with Gasteiger partial charge in [0.15, 0.2) is 0 Å². The van der Waals surface area contributed by atoms with Gasteiger partial charge >= 0.3 is 5.97 Å². The third-order valence-electron chi connectivity index (χ3n) is 4.69. The Morgan fingerprint density at radius 2 is 1.93 bits per heavy atom. The maximum Gasteiger partial charge on any atom is 0.336 e. The molecule has 9 nitrogen and oxygen atoms in total. The summed E-state index contributed by atoms with van der Waals surface area (Å²) in [5.41, 5.74) is 0.701. The number of esters is 1. The van der Waals surface area contributed by atoms with Gasteiger partial charge in [-0.15, -0.1) is 0 Å². The van der Waals surface area contributed by atoms with Gasteiger partial charge in [0.05, 0.1) is 25.7 Å². The van der Waals surface area contributed by atoms with Crippen LogP contribution < -0.4 is 15.4 Å². The molecule has 1 unspecified atom stereocenters. The van der Waals surface area contributed by atoms with Crippen molar-refractivity contribution in [1.29, 1.82) is 0 Å². The third-order valence-corrected chi connectivity index (χ3v) is 4.69. The van der Waals surface area contributed by atoms with Crippen molar-refractivity contribution in [1.82, 2.24) is 10.2 Å². The lowest BCUT2D eigenvalue weighted by Gasteiger charge is -2.37. The summed E-state index contributed by atoms with van der Waals surface area (Å²) < 4.78 is 9.84. The van der Waals surface area contributed by atoms with Gasteiger partial charge in [-0.25, -0.2) is 4.79 Å². The molecule has 0 aliphatic carbocycles. The molecule has 3 amide bonds. The number of amides is 3. The molecule has 1 aromatic carbocycles. The number of anilines is 1. The second-order valence-corrected chi connectivity index (χ2v) is 6.45. The zero-order valence-electron chi connectivity index (χ0n) is 15.6. The normalized spacial score (nSPS) is 18.9. The lowest BCUT2D eigenvalue weighted by atomic mass is 9.88. The SMILES string of the molecule is COC(=O)C1=C2C(=O)NCCN2C(=O)C(CC(=O)Nc2ccc(OC)cc2)C1. The van der Waals surface area contributed by atoms with Crippen LogP contribution in [0.5, 0.6) is 5.75 Å². The molecule has 0 spiro atoms. The molecule has 9 heteroatoms. The van der Waals surface area contributed by atoms with Crippen LogP contribution in [0, 0.1) is 5.92 Å². The second kappa shape index (κ2) is 8.12. The fourth-order valence-corrected chi connectivity index (χ4v) is 3.34.